The highest BCUT2D eigenvalue weighted by atomic mass is 32.2. The first-order valence-corrected chi connectivity index (χ1v) is 14.2. The van der Waals surface area contributed by atoms with Crippen LogP contribution < -0.4 is 14.2 Å². The molecule has 210 valence electrons. The van der Waals surface area contributed by atoms with E-state index in [2.05, 4.69) is 46.0 Å². The fourth-order valence-electron chi connectivity index (χ4n) is 4.27. The highest BCUT2D eigenvalue weighted by molar-refractivity contribution is 7.99. The minimum atomic E-state index is 0.123. The van der Waals surface area contributed by atoms with Crippen LogP contribution in [0.15, 0.2) is 71.9 Å². The standard InChI is InChI=1S/C31H36N4O4S/c1-22-11-14-25(15-12-22)35-30(24-8-6-9-26(21-24)37-3)32-33-31(35)40-19-7-10-29(36)34(2)18-17-23-13-16-27(38-4)28(20-23)39-5/h6,8-9,11-16,20-21H,7,10,17-19H2,1-5H3. The zero-order valence-corrected chi connectivity index (χ0v) is 24.5. The van der Waals surface area contributed by atoms with Crippen LogP contribution >= 0.6 is 11.8 Å². The molecule has 0 saturated carbocycles. The van der Waals surface area contributed by atoms with Crippen molar-refractivity contribution in [2.24, 2.45) is 0 Å². The summed E-state index contributed by atoms with van der Waals surface area (Å²) in [4.78, 5) is 14.6. The monoisotopic (exact) mass is 560 g/mol. The summed E-state index contributed by atoms with van der Waals surface area (Å²) in [5.74, 6) is 3.77. The molecule has 0 bridgehead atoms. The molecule has 1 heterocycles. The van der Waals surface area contributed by atoms with E-state index in [0.717, 1.165) is 52.1 Å². The van der Waals surface area contributed by atoms with Crippen molar-refractivity contribution in [2.75, 3.05) is 40.7 Å². The van der Waals surface area contributed by atoms with Gasteiger partial charge in [-0.15, -0.1) is 10.2 Å². The zero-order chi connectivity index (χ0) is 28.5. The first-order chi connectivity index (χ1) is 19.4. The molecule has 8 nitrogen and oxygen atoms in total. The molecule has 4 rings (SSSR count). The minimum absolute atomic E-state index is 0.123. The predicted molar refractivity (Wildman–Crippen MR) is 159 cm³/mol. The topological polar surface area (TPSA) is 78.7 Å². The molecular formula is C31H36N4O4S. The van der Waals surface area contributed by atoms with Crippen LogP contribution in [0, 0.1) is 6.92 Å². The number of methoxy groups -OCH3 is 3. The van der Waals surface area contributed by atoms with Gasteiger partial charge in [0.05, 0.1) is 21.3 Å². The van der Waals surface area contributed by atoms with Crippen LogP contribution in [0.25, 0.3) is 17.1 Å². The molecule has 1 aromatic heterocycles. The lowest BCUT2D eigenvalue weighted by Crippen LogP contribution is -2.28. The Morgan fingerprint density at radius 3 is 2.42 bits per heavy atom. The van der Waals surface area contributed by atoms with Gasteiger partial charge in [0.1, 0.15) is 5.75 Å². The Hall–Kier alpha value is -3.98. The molecule has 4 aromatic rings. The van der Waals surface area contributed by atoms with Crippen molar-refractivity contribution >= 4 is 17.7 Å². The Kier molecular flexibility index (Phi) is 10.1. The van der Waals surface area contributed by atoms with E-state index in [-0.39, 0.29) is 5.91 Å². The summed E-state index contributed by atoms with van der Waals surface area (Å²) >= 11 is 1.60. The summed E-state index contributed by atoms with van der Waals surface area (Å²) in [6.45, 7) is 2.70. The number of aromatic nitrogens is 3. The van der Waals surface area contributed by atoms with Gasteiger partial charge in [0.15, 0.2) is 22.5 Å². The number of nitrogens with zero attached hydrogens (tertiary/aromatic N) is 4. The van der Waals surface area contributed by atoms with Crippen LogP contribution in [0.1, 0.15) is 24.0 Å². The highest BCUT2D eigenvalue weighted by Crippen LogP contribution is 2.31. The van der Waals surface area contributed by atoms with Crippen molar-refractivity contribution in [1.29, 1.82) is 0 Å². The fourth-order valence-corrected chi connectivity index (χ4v) is 5.17. The van der Waals surface area contributed by atoms with E-state index in [4.69, 9.17) is 14.2 Å². The molecule has 0 atom stereocenters. The number of rotatable bonds is 13. The average Bonchev–Trinajstić information content (AvgIpc) is 3.42. The van der Waals surface area contributed by atoms with Gasteiger partial charge in [0, 0.05) is 37.0 Å². The van der Waals surface area contributed by atoms with Gasteiger partial charge in [-0.1, -0.05) is 47.7 Å². The first kappa shape index (κ1) is 29.0. The summed E-state index contributed by atoms with van der Waals surface area (Å²) in [6.07, 6.45) is 1.94. The van der Waals surface area contributed by atoms with Gasteiger partial charge in [-0.3, -0.25) is 9.36 Å². The number of ether oxygens (including phenoxy) is 3. The lowest BCUT2D eigenvalue weighted by Gasteiger charge is -2.18. The number of thioether (sulfide) groups is 1. The minimum Gasteiger partial charge on any atom is -0.497 e. The second kappa shape index (κ2) is 13.9. The van der Waals surface area contributed by atoms with E-state index in [1.54, 1.807) is 38.0 Å². The van der Waals surface area contributed by atoms with Crippen LogP contribution in [0.2, 0.25) is 0 Å². The van der Waals surface area contributed by atoms with Gasteiger partial charge < -0.3 is 19.1 Å². The smallest absolute Gasteiger partial charge is 0.222 e. The number of benzene rings is 3. The molecule has 0 fully saturated rings. The van der Waals surface area contributed by atoms with E-state index in [1.165, 1.54) is 5.56 Å². The Bertz CT molecular complexity index is 1420. The Morgan fingerprint density at radius 2 is 1.70 bits per heavy atom. The molecule has 0 N–H and O–H groups in total. The third kappa shape index (κ3) is 7.15. The van der Waals surface area contributed by atoms with Gasteiger partial charge >= 0.3 is 0 Å². The largest absolute Gasteiger partial charge is 0.497 e. The normalized spacial score (nSPS) is 10.8. The third-order valence-electron chi connectivity index (χ3n) is 6.63. The van der Waals surface area contributed by atoms with Crippen molar-refractivity contribution < 1.29 is 19.0 Å². The summed E-state index contributed by atoms with van der Waals surface area (Å²) in [5, 5.41) is 9.82. The van der Waals surface area contributed by atoms with Crippen molar-refractivity contribution in [2.45, 2.75) is 31.3 Å². The van der Waals surface area contributed by atoms with Crippen molar-refractivity contribution in [1.82, 2.24) is 19.7 Å². The van der Waals surface area contributed by atoms with Crippen molar-refractivity contribution in [3.63, 3.8) is 0 Å². The van der Waals surface area contributed by atoms with Crippen molar-refractivity contribution in [3.8, 4) is 34.3 Å². The molecule has 0 saturated heterocycles. The van der Waals surface area contributed by atoms with E-state index < -0.39 is 0 Å². The predicted octanol–water partition coefficient (Wildman–Crippen LogP) is 5.84. The molecule has 0 spiro atoms. The molecule has 0 aliphatic rings. The second-order valence-corrected chi connectivity index (χ2v) is 10.5. The number of likely N-dealkylation sites (N-methyl/N-ethyl adjacent to an activating group) is 1. The van der Waals surface area contributed by atoms with Gasteiger partial charge in [0.25, 0.3) is 0 Å². The summed E-state index contributed by atoms with van der Waals surface area (Å²) < 4.78 is 18.2. The molecule has 9 heteroatoms. The molecule has 0 unspecified atom stereocenters. The van der Waals surface area contributed by atoms with Gasteiger partial charge in [0.2, 0.25) is 5.91 Å². The highest BCUT2D eigenvalue weighted by Gasteiger charge is 2.17. The van der Waals surface area contributed by atoms with Crippen LogP contribution in [0.4, 0.5) is 0 Å². The molecule has 40 heavy (non-hydrogen) atoms. The molecule has 0 radical (unpaired) electrons. The SMILES string of the molecule is COc1cccc(-c2nnc(SCCCC(=O)N(C)CCc3ccc(OC)c(OC)c3)n2-c2ccc(C)cc2)c1. The lowest BCUT2D eigenvalue weighted by atomic mass is 10.1. The average molecular weight is 561 g/mol. The maximum Gasteiger partial charge on any atom is 0.222 e. The maximum atomic E-state index is 12.8. The number of carbonyl (C=O) groups excluding carboxylic acids is 1. The van der Waals surface area contributed by atoms with Crippen LogP contribution in [-0.4, -0.2) is 66.2 Å². The molecule has 3 aromatic carbocycles. The van der Waals surface area contributed by atoms with Crippen molar-refractivity contribution in [3.05, 3.63) is 77.9 Å². The second-order valence-electron chi connectivity index (χ2n) is 9.42. The van der Waals surface area contributed by atoms with E-state index >= 15 is 0 Å². The molecular weight excluding hydrogens is 524 g/mol. The number of carbonyl (C=O) groups is 1. The maximum absolute atomic E-state index is 12.8. The Labute approximate surface area is 240 Å². The Balaban J connectivity index is 1.36. The molecule has 1 amide bonds. The molecule has 0 aliphatic carbocycles. The fraction of sp³-hybridized carbons (Fsp3) is 0.323. The van der Waals surface area contributed by atoms with E-state index in [1.807, 2.05) is 49.5 Å². The van der Waals surface area contributed by atoms with E-state index in [9.17, 15) is 4.79 Å². The van der Waals surface area contributed by atoms with Gasteiger partial charge in [-0.05, 0) is 61.7 Å². The summed E-state index contributed by atoms with van der Waals surface area (Å²) in [7, 11) is 6.75. The molecule has 0 aliphatic heterocycles. The first-order valence-electron chi connectivity index (χ1n) is 13.2. The van der Waals surface area contributed by atoms with E-state index in [0.29, 0.717) is 24.5 Å². The number of hydrogen-bond acceptors (Lipinski definition) is 7. The Morgan fingerprint density at radius 1 is 0.925 bits per heavy atom. The van der Waals surface area contributed by atoms with Gasteiger partial charge in [-0.2, -0.15) is 0 Å². The van der Waals surface area contributed by atoms with Gasteiger partial charge in [-0.25, -0.2) is 0 Å². The quantitative estimate of drug-likeness (QED) is 0.150. The summed E-state index contributed by atoms with van der Waals surface area (Å²) in [6, 6.07) is 22.0. The lowest BCUT2D eigenvalue weighted by molar-refractivity contribution is -0.129. The van der Waals surface area contributed by atoms with Crippen LogP contribution in [0.5, 0.6) is 17.2 Å². The zero-order valence-electron chi connectivity index (χ0n) is 23.7. The third-order valence-corrected chi connectivity index (χ3v) is 7.64. The number of hydrogen-bond donors (Lipinski definition) is 0. The van der Waals surface area contributed by atoms with Crippen LogP contribution in [0.3, 0.4) is 0 Å². The number of aryl methyl sites for hydroxylation is 1. The summed E-state index contributed by atoms with van der Waals surface area (Å²) in [5.41, 5.74) is 4.19. The van der Waals surface area contributed by atoms with Crippen LogP contribution in [-0.2, 0) is 11.2 Å². The number of amides is 1.